The van der Waals surface area contributed by atoms with Gasteiger partial charge in [-0.15, -0.1) is 0 Å². The maximum Gasteiger partial charge on any atom is 0.283 e. The molecule has 0 bridgehead atoms. The van der Waals surface area contributed by atoms with Crippen molar-refractivity contribution in [1.82, 2.24) is 5.48 Å². The molecule has 6 heteroatoms. The average Bonchev–Trinajstić information content (AvgIpc) is 1.85. The summed E-state index contributed by atoms with van der Waals surface area (Å²) in [7, 11) is -3.39. The molecule has 0 spiro atoms. The Balaban J connectivity index is 3.62. The normalized spacial score (nSPS) is 14.6. The highest BCUT2D eigenvalue weighted by atomic mass is 32.2. The Morgan fingerprint density at radius 2 is 2.17 bits per heavy atom. The van der Waals surface area contributed by atoms with Gasteiger partial charge in [-0.25, -0.2) is 0 Å². The summed E-state index contributed by atoms with van der Waals surface area (Å²) >= 11 is 0. The predicted molar refractivity (Wildman–Crippen MR) is 46.8 cm³/mol. The predicted octanol–water partition coefficient (Wildman–Crippen LogP) is -0.405. The molecule has 1 atom stereocenters. The lowest BCUT2D eigenvalue weighted by molar-refractivity contribution is 0.199. The van der Waals surface area contributed by atoms with Crippen molar-refractivity contribution in [2.24, 2.45) is 5.73 Å². The number of nitrogens with two attached hydrogens (primary N) is 1. The van der Waals surface area contributed by atoms with E-state index in [0.717, 1.165) is 0 Å². The second-order valence-electron chi connectivity index (χ2n) is 2.67. The molecule has 0 aliphatic rings. The molecule has 3 N–H and O–H groups in total. The van der Waals surface area contributed by atoms with E-state index >= 15 is 0 Å². The SMILES string of the molecule is CCCS(=O)(=O)ONCC(C)N. The molecular weight excluding hydrogens is 180 g/mol. The van der Waals surface area contributed by atoms with Crippen LogP contribution in [0.2, 0.25) is 0 Å². The van der Waals surface area contributed by atoms with Gasteiger partial charge in [0.25, 0.3) is 10.1 Å². The molecule has 12 heavy (non-hydrogen) atoms. The molecule has 5 nitrogen and oxygen atoms in total. The third-order valence-electron chi connectivity index (χ3n) is 1.05. The van der Waals surface area contributed by atoms with Crippen molar-refractivity contribution in [1.29, 1.82) is 0 Å². The lowest BCUT2D eigenvalue weighted by atomic mass is 10.4. The zero-order valence-corrected chi connectivity index (χ0v) is 8.23. The van der Waals surface area contributed by atoms with Gasteiger partial charge < -0.3 is 5.73 Å². The molecule has 0 aliphatic heterocycles. The van der Waals surface area contributed by atoms with Crippen molar-refractivity contribution >= 4 is 10.1 Å². The molecule has 0 saturated heterocycles. The maximum absolute atomic E-state index is 10.9. The van der Waals surface area contributed by atoms with E-state index in [0.29, 0.717) is 13.0 Å². The molecule has 1 unspecified atom stereocenters. The Kier molecular flexibility index (Phi) is 5.39. The molecule has 0 aromatic rings. The molecule has 0 heterocycles. The summed E-state index contributed by atoms with van der Waals surface area (Å²) in [5.41, 5.74) is 7.66. The summed E-state index contributed by atoms with van der Waals surface area (Å²) < 4.78 is 26.2. The fraction of sp³-hybridized carbons (Fsp3) is 1.00. The highest BCUT2D eigenvalue weighted by molar-refractivity contribution is 7.86. The van der Waals surface area contributed by atoms with E-state index in [4.69, 9.17) is 5.73 Å². The zero-order chi connectivity index (χ0) is 9.61. The second kappa shape index (κ2) is 5.47. The van der Waals surface area contributed by atoms with E-state index in [1.807, 2.05) is 0 Å². The number of rotatable bonds is 6. The van der Waals surface area contributed by atoms with Crippen LogP contribution in [0.4, 0.5) is 0 Å². The third-order valence-corrected chi connectivity index (χ3v) is 2.33. The molecule has 0 aliphatic carbocycles. The van der Waals surface area contributed by atoms with Crippen LogP contribution in [0.15, 0.2) is 0 Å². The van der Waals surface area contributed by atoms with Gasteiger partial charge in [0, 0.05) is 12.6 Å². The average molecular weight is 196 g/mol. The fourth-order valence-electron chi connectivity index (χ4n) is 0.547. The van der Waals surface area contributed by atoms with Gasteiger partial charge in [-0.3, -0.25) is 0 Å². The molecule has 0 amide bonds. The van der Waals surface area contributed by atoms with Gasteiger partial charge in [-0.2, -0.15) is 18.2 Å². The molecule has 0 fully saturated rings. The molecule has 0 aromatic heterocycles. The van der Waals surface area contributed by atoms with Gasteiger partial charge in [0.15, 0.2) is 0 Å². The number of hydrogen-bond acceptors (Lipinski definition) is 5. The zero-order valence-electron chi connectivity index (χ0n) is 7.41. The minimum Gasteiger partial charge on any atom is -0.327 e. The van der Waals surface area contributed by atoms with Gasteiger partial charge in [-0.05, 0) is 13.3 Å². The lowest BCUT2D eigenvalue weighted by Gasteiger charge is -2.07. The first-order valence-corrected chi connectivity index (χ1v) is 5.45. The van der Waals surface area contributed by atoms with Gasteiger partial charge >= 0.3 is 0 Å². The van der Waals surface area contributed by atoms with Crippen LogP contribution in [0.5, 0.6) is 0 Å². The maximum atomic E-state index is 10.9. The third kappa shape index (κ3) is 6.53. The van der Waals surface area contributed by atoms with Gasteiger partial charge in [-0.1, -0.05) is 6.92 Å². The van der Waals surface area contributed by atoms with Crippen molar-refractivity contribution in [2.45, 2.75) is 26.3 Å². The van der Waals surface area contributed by atoms with Crippen LogP contribution >= 0.6 is 0 Å². The molecular formula is C6H16N2O3S. The Morgan fingerprint density at radius 3 is 2.58 bits per heavy atom. The van der Waals surface area contributed by atoms with Crippen LogP contribution in [0.1, 0.15) is 20.3 Å². The first kappa shape index (κ1) is 11.8. The van der Waals surface area contributed by atoms with Crippen molar-refractivity contribution in [3.8, 4) is 0 Å². The van der Waals surface area contributed by atoms with E-state index in [1.165, 1.54) is 0 Å². The van der Waals surface area contributed by atoms with Crippen LogP contribution in [0, 0.1) is 0 Å². The Hall–Kier alpha value is -0.170. The minimum atomic E-state index is -3.39. The summed E-state index contributed by atoms with van der Waals surface area (Å²) in [6.45, 7) is 3.85. The van der Waals surface area contributed by atoms with Crippen LogP contribution in [0.3, 0.4) is 0 Å². The number of hydrogen-bond donors (Lipinski definition) is 2. The van der Waals surface area contributed by atoms with E-state index < -0.39 is 10.1 Å². The molecule has 74 valence electrons. The highest BCUT2D eigenvalue weighted by Gasteiger charge is 2.09. The molecule has 0 saturated carbocycles. The lowest BCUT2D eigenvalue weighted by Crippen LogP contribution is -2.33. The van der Waals surface area contributed by atoms with E-state index in [9.17, 15) is 8.42 Å². The fourth-order valence-corrected chi connectivity index (χ4v) is 1.38. The molecule has 0 radical (unpaired) electrons. The summed E-state index contributed by atoms with van der Waals surface area (Å²) in [6, 6.07) is -0.123. The van der Waals surface area contributed by atoms with Crippen molar-refractivity contribution in [3.05, 3.63) is 0 Å². The Labute approximate surface area is 73.4 Å². The first-order chi connectivity index (χ1) is 5.48. The second-order valence-corrected chi connectivity index (χ2v) is 4.36. The van der Waals surface area contributed by atoms with Gasteiger partial charge in [0.2, 0.25) is 0 Å². The smallest absolute Gasteiger partial charge is 0.283 e. The van der Waals surface area contributed by atoms with Crippen molar-refractivity contribution in [3.63, 3.8) is 0 Å². The van der Waals surface area contributed by atoms with Crippen molar-refractivity contribution < 1.29 is 12.7 Å². The van der Waals surface area contributed by atoms with Gasteiger partial charge in [0.1, 0.15) is 0 Å². The van der Waals surface area contributed by atoms with Crippen LogP contribution in [-0.4, -0.2) is 26.8 Å². The highest BCUT2D eigenvalue weighted by Crippen LogP contribution is 1.92. The Morgan fingerprint density at radius 1 is 1.58 bits per heavy atom. The standard InChI is InChI=1S/C6H16N2O3S/c1-3-4-12(9,10)11-8-5-6(2)7/h6,8H,3-5,7H2,1-2H3. The van der Waals surface area contributed by atoms with Crippen LogP contribution < -0.4 is 11.2 Å². The van der Waals surface area contributed by atoms with E-state index in [-0.39, 0.29) is 11.8 Å². The van der Waals surface area contributed by atoms with Gasteiger partial charge in [0.05, 0.1) is 5.75 Å². The molecule has 0 rings (SSSR count). The van der Waals surface area contributed by atoms with Crippen molar-refractivity contribution in [2.75, 3.05) is 12.3 Å². The number of nitrogens with one attached hydrogen (secondary N) is 1. The summed E-state index contributed by atoms with van der Waals surface area (Å²) in [6.07, 6.45) is 0.544. The summed E-state index contributed by atoms with van der Waals surface area (Å²) in [5.74, 6) is 0.0267. The quantitative estimate of drug-likeness (QED) is 0.565. The van der Waals surface area contributed by atoms with Crippen LogP contribution in [0.25, 0.3) is 0 Å². The Bertz CT molecular complexity index is 201. The monoisotopic (exact) mass is 196 g/mol. The van der Waals surface area contributed by atoms with E-state index in [1.54, 1.807) is 13.8 Å². The minimum absolute atomic E-state index is 0.0267. The summed E-state index contributed by atoms with van der Waals surface area (Å²) in [4.78, 5) is 0. The van der Waals surface area contributed by atoms with E-state index in [2.05, 4.69) is 9.76 Å². The first-order valence-electron chi connectivity index (χ1n) is 3.87. The number of hydroxylamine groups is 1. The largest absolute Gasteiger partial charge is 0.327 e. The van der Waals surface area contributed by atoms with Crippen LogP contribution in [-0.2, 0) is 14.4 Å². The summed E-state index contributed by atoms with van der Waals surface area (Å²) in [5, 5.41) is 0. The topological polar surface area (TPSA) is 81.4 Å². The molecule has 0 aromatic carbocycles.